The molecule has 104 valence electrons. The van der Waals surface area contributed by atoms with Gasteiger partial charge in [0.1, 0.15) is 17.3 Å². The third-order valence-corrected chi connectivity index (χ3v) is 3.92. The van der Waals surface area contributed by atoms with Crippen LogP contribution in [0.3, 0.4) is 0 Å². The van der Waals surface area contributed by atoms with Gasteiger partial charge < -0.3 is 9.72 Å². The van der Waals surface area contributed by atoms with Gasteiger partial charge in [-0.25, -0.2) is 4.98 Å². The Morgan fingerprint density at radius 1 is 1.10 bits per heavy atom. The second kappa shape index (κ2) is 4.77. The van der Waals surface area contributed by atoms with Gasteiger partial charge in [0.05, 0.1) is 0 Å². The average Bonchev–Trinajstić information content (AvgIpc) is 3.01. The highest BCUT2D eigenvalue weighted by atomic mass is 16.5. The molecule has 0 saturated heterocycles. The van der Waals surface area contributed by atoms with E-state index in [-0.39, 0.29) is 0 Å². The number of imidazole rings is 1. The number of hydrogen-bond donors (Lipinski definition) is 1. The van der Waals surface area contributed by atoms with Gasteiger partial charge in [0.25, 0.3) is 0 Å². The number of nitrogens with one attached hydrogen (secondary N) is 1. The van der Waals surface area contributed by atoms with Crippen molar-refractivity contribution in [3.8, 4) is 22.9 Å². The Balaban J connectivity index is 1.72. The van der Waals surface area contributed by atoms with Crippen LogP contribution in [-0.4, -0.2) is 9.97 Å². The molecule has 4 rings (SSSR count). The van der Waals surface area contributed by atoms with E-state index < -0.39 is 0 Å². The highest BCUT2D eigenvalue weighted by Crippen LogP contribution is 2.38. The van der Waals surface area contributed by atoms with Crippen LogP contribution < -0.4 is 4.74 Å². The molecule has 3 nitrogen and oxygen atoms in total. The summed E-state index contributed by atoms with van der Waals surface area (Å²) >= 11 is 0. The first-order chi connectivity index (χ1) is 10.3. The molecule has 0 bridgehead atoms. The van der Waals surface area contributed by atoms with Crippen molar-refractivity contribution in [3.05, 3.63) is 65.5 Å². The second-order valence-corrected chi connectivity index (χ2v) is 5.32. The van der Waals surface area contributed by atoms with E-state index in [2.05, 4.69) is 47.2 Å². The van der Waals surface area contributed by atoms with E-state index in [1.54, 1.807) is 0 Å². The Morgan fingerprint density at radius 3 is 2.81 bits per heavy atom. The highest BCUT2D eigenvalue weighted by molar-refractivity contribution is 5.62. The SMILES string of the molecule is CCc1cnc(-c2ccc3c(c2)Oc2ccccc2C3)[nH]1. The van der Waals surface area contributed by atoms with Crippen LogP contribution in [0.4, 0.5) is 0 Å². The summed E-state index contributed by atoms with van der Waals surface area (Å²) in [6.45, 7) is 2.12. The lowest BCUT2D eigenvalue weighted by Crippen LogP contribution is -2.02. The third kappa shape index (κ3) is 2.11. The van der Waals surface area contributed by atoms with Gasteiger partial charge >= 0.3 is 0 Å². The first-order valence-corrected chi connectivity index (χ1v) is 7.26. The van der Waals surface area contributed by atoms with E-state index in [1.807, 2.05) is 18.3 Å². The number of para-hydroxylation sites is 1. The highest BCUT2D eigenvalue weighted by Gasteiger charge is 2.17. The molecular weight excluding hydrogens is 260 g/mol. The van der Waals surface area contributed by atoms with E-state index in [9.17, 15) is 0 Å². The van der Waals surface area contributed by atoms with E-state index in [1.165, 1.54) is 11.1 Å². The number of fused-ring (bicyclic) bond motifs is 2. The maximum absolute atomic E-state index is 6.03. The van der Waals surface area contributed by atoms with Crippen molar-refractivity contribution < 1.29 is 4.74 Å². The van der Waals surface area contributed by atoms with Crippen LogP contribution in [0.15, 0.2) is 48.7 Å². The standard InChI is InChI=1S/C18H16N2O/c1-2-15-11-19-18(20-15)14-8-7-13-9-12-5-3-4-6-16(12)21-17(13)10-14/h3-8,10-11H,2,9H2,1H3,(H,19,20). The van der Waals surface area contributed by atoms with E-state index in [0.29, 0.717) is 0 Å². The summed E-state index contributed by atoms with van der Waals surface area (Å²) < 4.78 is 6.03. The molecule has 0 atom stereocenters. The number of nitrogens with zero attached hydrogens (tertiary/aromatic N) is 1. The van der Waals surface area contributed by atoms with Gasteiger partial charge in [-0.05, 0) is 29.7 Å². The number of ether oxygens (including phenoxy) is 1. The number of H-pyrrole nitrogens is 1. The molecule has 1 aliphatic rings. The molecule has 2 heterocycles. The Morgan fingerprint density at radius 2 is 1.95 bits per heavy atom. The number of benzene rings is 2. The number of hydrogen-bond acceptors (Lipinski definition) is 2. The minimum absolute atomic E-state index is 0.900. The molecule has 1 N–H and O–H groups in total. The molecule has 3 heteroatoms. The number of aryl methyl sites for hydroxylation is 1. The van der Waals surface area contributed by atoms with Crippen molar-refractivity contribution in [2.75, 3.05) is 0 Å². The first-order valence-electron chi connectivity index (χ1n) is 7.26. The summed E-state index contributed by atoms with van der Waals surface area (Å²) in [6, 6.07) is 14.5. The van der Waals surface area contributed by atoms with Crippen LogP contribution in [0, 0.1) is 0 Å². The van der Waals surface area contributed by atoms with E-state index >= 15 is 0 Å². The molecular formula is C18H16N2O. The van der Waals surface area contributed by atoms with Crippen LogP contribution in [0.5, 0.6) is 11.5 Å². The molecule has 0 unspecified atom stereocenters. The van der Waals surface area contributed by atoms with Gasteiger partial charge in [-0.15, -0.1) is 0 Å². The molecule has 0 amide bonds. The summed E-state index contributed by atoms with van der Waals surface area (Å²) in [5.74, 6) is 2.79. The monoisotopic (exact) mass is 276 g/mol. The predicted molar refractivity (Wildman–Crippen MR) is 82.7 cm³/mol. The van der Waals surface area contributed by atoms with Crippen molar-refractivity contribution in [2.24, 2.45) is 0 Å². The fraction of sp³-hybridized carbons (Fsp3) is 0.167. The van der Waals surface area contributed by atoms with E-state index in [0.717, 1.165) is 41.4 Å². The topological polar surface area (TPSA) is 37.9 Å². The summed E-state index contributed by atoms with van der Waals surface area (Å²) in [5, 5.41) is 0. The largest absolute Gasteiger partial charge is 0.457 e. The van der Waals surface area contributed by atoms with Crippen LogP contribution in [0.25, 0.3) is 11.4 Å². The summed E-state index contributed by atoms with van der Waals surface area (Å²) in [5.41, 5.74) is 4.67. The van der Waals surface area contributed by atoms with Crippen molar-refractivity contribution in [1.82, 2.24) is 9.97 Å². The van der Waals surface area contributed by atoms with Crippen LogP contribution in [0.1, 0.15) is 23.7 Å². The van der Waals surface area contributed by atoms with Gasteiger partial charge in [-0.1, -0.05) is 37.3 Å². The van der Waals surface area contributed by atoms with Gasteiger partial charge in [0.2, 0.25) is 0 Å². The van der Waals surface area contributed by atoms with Gasteiger partial charge in [-0.3, -0.25) is 0 Å². The van der Waals surface area contributed by atoms with Gasteiger partial charge in [0, 0.05) is 23.9 Å². The molecule has 0 spiro atoms. The zero-order chi connectivity index (χ0) is 14.2. The van der Waals surface area contributed by atoms with Crippen molar-refractivity contribution in [3.63, 3.8) is 0 Å². The maximum Gasteiger partial charge on any atom is 0.137 e. The number of aromatic nitrogens is 2. The first kappa shape index (κ1) is 12.2. The molecule has 21 heavy (non-hydrogen) atoms. The molecule has 0 fully saturated rings. The summed E-state index contributed by atoms with van der Waals surface area (Å²) in [7, 11) is 0. The van der Waals surface area contributed by atoms with Crippen LogP contribution >= 0.6 is 0 Å². The molecule has 1 aliphatic heterocycles. The fourth-order valence-corrected chi connectivity index (χ4v) is 2.70. The zero-order valence-corrected chi connectivity index (χ0v) is 11.9. The summed E-state index contributed by atoms with van der Waals surface area (Å²) in [6.07, 6.45) is 3.77. The maximum atomic E-state index is 6.03. The smallest absolute Gasteiger partial charge is 0.137 e. The number of aromatic amines is 1. The minimum Gasteiger partial charge on any atom is -0.457 e. The molecule has 1 aromatic heterocycles. The molecule has 0 aliphatic carbocycles. The Kier molecular flexibility index (Phi) is 2.78. The Bertz CT molecular complexity index is 804. The third-order valence-electron chi connectivity index (χ3n) is 3.92. The summed E-state index contributed by atoms with van der Waals surface area (Å²) in [4.78, 5) is 7.78. The quantitative estimate of drug-likeness (QED) is 0.591. The van der Waals surface area contributed by atoms with Gasteiger partial charge in [0.15, 0.2) is 0 Å². The van der Waals surface area contributed by atoms with Crippen molar-refractivity contribution in [2.45, 2.75) is 19.8 Å². The Labute approximate surface area is 123 Å². The average molecular weight is 276 g/mol. The lowest BCUT2D eigenvalue weighted by atomic mass is 9.99. The molecule has 3 aromatic rings. The van der Waals surface area contributed by atoms with Crippen LogP contribution in [0.2, 0.25) is 0 Å². The molecule has 0 radical (unpaired) electrons. The predicted octanol–water partition coefficient (Wildman–Crippen LogP) is 4.34. The van der Waals surface area contributed by atoms with Crippen molar-refractivity contribution in [1.29, 1.82) is 0 Å². The lowest BCUT2D eigenvalue weighted by molar-refractivity contribution is 0.460. The van der Waals surface area contributed by atoms with Crippen molar-refractivity contribution >= 4 is 0 Å². The lowest BCUT2D eigenvalue weighted by Gasteiger charge is -2.20. The molecule has 2 aromatic carbocycles. The zero-order valence-electron chi connectivity index (χ0n) is 11.9. The second-order valence-electron chi connectivity index (χ2n) is 5.32. The van der Waals surface area contributed by atoms with Crippen LogP contribution in [-0.2, 0) is 12.8 Å². The number of rotatable bonds is 2. The van der Waals surface area contributed by atoms with E-state index in [4.69, 9.17) is 4.74 Å². The van der Waals surface area contributed by atoms with Gasteiger partial charge in [-0.2, -0.15) is 0 Å². The molecule has 0 saturated carbocycles. The fourth-order valence-electron chi connectivity index (χ4n) is 2.70. The normalized spacial score (nSPS) is 12.4. The Hall–Kier alpha value is -2.55. The minimum atomic E-state index is 0.900.